The van der Waals surface area contributed by atoms with Crippen molar-refractivity contribution in [2.24, 2.45) is 0 Å². The molecule has 1 aromatic heterocycles. The van der Waals surface area contributed by atoms with Crippen LogP contribution in [-0.2, 0) is 0 Å². The SMILES string of the molecule is Cc1nc2c(OC(F)(F)F)cccc2c(-c2ccc(F)cc2)c1C(=O)C(F)(F)F. The number of Topliss-reactive ketones (excluding diaryl/α,β-unsaturated/α-hetero) is 1. The number of benzene rings is 2. The summed E-state index contributed by atoms with van der Waals surface area (Å²) in [5, 5.41) is -0.184. The first kappa shape index (κ1) is 20.6. The van der Waals surface area contributed by atoms with Crippen LogP contribution in [-0.4, -0.2) is 23.3 Å². The van der Waals surface area contributed by atoms with Crippen molar-refractivity contribution in [3.63, 3.8) is 0 Å². The Morgan fingerprint density at radius 3 is 2.14 bits per heavy atom. The van der Waals surface area contributed by atoms with E-state index in [1.54, 1.807) is 0 Å². The van der Waals surface area contributed by atoms with Crippen LogP contribution in [0.1, 0.15) is 16.1 Å². The summed E-state index contributed by atoms with van der Waals surface area (Å²) in [7, 11) is 0. The lowest BCUT2D eigenvalue weighted by molar-refractivity contribution is -0.274. The number of ketones is 1. The highest BCUT2D eigenvalue weighted by molar-refractivity contribution is 6.13. The first-order valence-corrected chi connectivity index (χ1v) is 7.95. The number of para-hydroxylation sites is 1. The third-order valence-electron chi connectivity index (χ3n) is 4.00. The molecule has 0 atom stereocenters. The summed E-state index contributed by atoms with van der Waals surface area (Å²) in [4.78, 5) is 15.8. The standard InChI is InChI=1S/C19H10F7NO2/c1-9-14(17(28)18(21,22)23)15(10-5-7-11(20)8-6-10)12-3-2-4-13(16(12)27-9)29-19(24,25)26/h2-8H,1H3. The fourth-order valence-corrected chi connectivity index (χ4v) is 2.92. The lowest BCUT2D eigenvalue weighted by Gasteiger charge is -2.18. The van der Waals surface area contributed by atoms with Gasteiger partial charge in [-0.15, -0.1) is 13.2 Å². The van der Waals surface area contributed by atoms with Crippen LogP contribution in [0.2, 0.25) is 0 Å². The number of alkyl halides is 6. The molecular weight excluding hydrogens is 407 g/mol. The summed E-state index contributed by atoms with van der Waals surface area (Å²) in [5.74, 6) is -3.65. The molecule has 1 heterocycles. The second kappa shape index (κ2) is 7.02. The van der Waals surface area contributed by atoms with Crippen molar-refractivity contribution in [3.8, 4) is 16.9 Å². The number of fused-ring (bicyclic) bond motifs is 1. The van der Waals surface area contributed by atoms with E-state index >= 15 is 0 Å². The number of aromatic nitrogens is 1. The molecule has 3 rings (SSSR count). The van der Waals surface area contributed by atoms with Gasteiger partial charge in [0.1, 0.15) is 11.3 Å². The van der Waals surface area contributed by atoms with Crippen LogP contribution in [0, 0.1) is 12.7 Å². The molecule has 0 spiro atoms. The highest BCUT2D eigenvalue weighted by atomic mass is 19.4. The van der Waals surface area contributed by atoms with Gasteiger partial charge in [-0.05, 0) is 30.7 Å². The molecule has 0 saturated heterocycles. The number of carbonyl (C=O) groups excluding carboxylic acids is 1. The van der Waals surface area contributed by atoms with Gasteiger partial charge in [-0.2, -0.15) is 13.2 Å². The fraction of sp³-hybridized carbons (Fsp3) is 0.158. The average Bonchev–Trinajstić information content (AvgIpc) is 2.59. The Labute approximate surface area is 158 Å². The number of hydrogen-bond donors (Lipinski definition) is 0. The number of pyridine rings is 1. The molecule has 29 heavy (non-hydrogen) atoms. The average molecular weight is 417 g/mol. The summed E-state index contributed by atoms with van der Waals surface area (Å²) in [6, 6.07) is 7.42. The van der Waals surface area contributed by atoms with E-state index < -0.39 is 41.1 Å². The van der Waals surface area contributed by atoms with E-state index in [9.17, 15) is 35.5 Å². The number of hydrogen-bond acceptors (Lipinski definition) is 3. The zero-order chi connectivity index (χ0) is 21.6. The largest absolute Gasteiger partial charge is 0.573 e. The van der Waals surface area contributed by atoms with Gasteiger partial charge in [0.25, 0.3) is 5.78 Å². The van der Waals surface area contributed by atoms with E-state index in [-0.39, 0.29) is 22.0 Å². The maximum Gasteiger partial charge on any atom is 0.573 e. The number of aryl methyl sites for hydroxylation is 1. The monoisotopic (exact) mass is 417 g/mol. The normalized spacial score (nSPS) is 12.3. The molecule has 0 amide bonds. The minimum absolute atomic E-state index is 0.00124. The molecule has 3 nitrogen and oxygen atoms in total. The van der Waals surface area contributed by atoms with E-state index in [1.165, 1.54) is 6.07 Å². The van der Waals surface area contributed by atoms with Crippen LogP contribution < -0.4 is 4.74 Å². The highest BCUT2D eigenvalue weighted by Crippen LogP contribution is 2.40. The molecule has 0 N–H and O–H groups in total. The number of ether oxygens (including phenoxy) is 1. The van der Waals surface area contributed by atoms with Gasteiger partial charge in [0.15, 0.2) is 5.75 Å². The van der Waals surface area contributed by atoms with E-state index in [2.05, 4.69) is 9.72 Å². The molecule has 152 valence electrons. The van der Waals surface area contributed by atoms with Crippen molar-refractivity contribution in [2.75, 3.05) is 0 Å². The van der Waals surface area contributed by atoms with E-state index in [4.69, 9.17) is 0 Å². The predicted molar refractivity (Wildman–Crippen MR) is 88.9 cm³/mol. The smallest absolute Gasteiger partial charge is 0.403 e. The van der Waals surface area contributed by atoms with E-state index in [0.717, 1.165) is 43.3 Å². The molecular formula is C19H10F7NO2. The van der Waals surface area contributed by atoms with Crippen molar-refractivity contribution < 1.29 is 40.3 Å². The molecule has 0 unspecified atom stereocenters. The molecule has 0 bridgehead atoms. The number of nitrogens with zero attached hydrogens (tertiary/aromatic N) is 1. The lowest BCUT2D eigenvalue weighted by Crippen LogP contribution is -2.25. The summed E-state index contributed by atoms with van der Waals surface area (Å²) in [6.45, 7) is 1.07. The van der Waals surface area contributed by atoms with Crippen LogP contribution in [0.3, 0.4) is 0 Å². The number of rotatable bonds is 3. The van der Waals surface area contributed by atoms with E-state index in [1.807, 2.05) is 0 Å². The van der Waals surface area contributed by atoms with Crippen LogP contribution in [0.4, 0.5) is 30.7 Å². The Kier molecular flexibility index (Phi) is 4.97. The molecule has 0 fully saturated rings. The van der Waals surface area contributed by atoms with Crippen molar-refractivity contribution in [1.29, 1.82) is 0 Å². The second-order valence-electron chi connectivity index (χ2n) is 5.98. The summed E-state index contributed by atoms with van der Waals surface area (Å²) in [5.41, 5.74) is -1.99. The van der Waals surface area contributed by atoms with Crippen molar-refractivity contribution in [2.45, 2.75) is 19.5 Å². The predicted octanol–water partition coefficient (Wildman–Crippen LogP) is 5.99. The first-order chi connectivity index (χ1) is 13.4. The Morgan fingerprint density at radius 2 is 1.59 bits per heavy atom. The third kappa shape index (κ3) is 4.15. The van der Waals surface area contributed by atoms with E-state index in [0.29, 0.717) is 0 Å². The maximum absolute atomic E-state index is 13.3. The van der Waals surface area contributed by atoms with Crippen molar-refractivity contribution >= 4 is 16.7 Å². The fourth-order valence-electron chi connectivity index (χ4n) is 2.92. The van der Waals surface area contributed by atoms with Crippen LogP contribution >= 0.6 is 0 Å². The van der Waals surface area contributed by atoms with Gasteiger partial charge in [0.05, 0.1) is 5.56 Å². The summed E-state index contributed by atoms with van der Waals surface area (Å²) < 4.78 is 94.8. The lowest BCUT2D eigenvalue weighted by atomic mass is 9.91. The van der Waals surface area contributed by atoms with Crippen molar-refractivity contribution in [3.05, 3.63) is 59.5 Å². The van der Waals surface area contributed by atoms with Gasteiger partial charge in [0, 0.05) is 16.6 Å². The van der Waals surface area contributed by atoms with Gasteiger partial charge in [0.2, 0.25) is 0 Å². The number of carbonyl (C=O) groups is 1. The summed E-state index contributed by atoms with van der Waals surface area (Å²) in [6.07, 6.45) is -10.3. The molecule has 10 heteroatoms. The van der Waals surface area contributed by atoms with Gasteiger partial charge in [-0.25, -0.2) is 9.37 Å². The van der Waals surface area contributed by atoms with Crippen molar-refractivity contribution in [1.82, 2.24) is 4.98 Å². The van der Waals surface area contributed by atoms with Crippen LogP contribution in [0.5, 0.6) is 5.75 Å². The third-order valence-corrected chi connectivity index (χ3v) is 4.00. The quantitative estimate of drug-likeness (QED) is 0.388. The molecule has 2 aromatic carbocycles. The van der Waals surface area contributed by atoms with Gasteiger partial charge in [-0.3, -0.25) is 4.79 Å². The minimum atomic E-state index is -5.25. The zero-order valence-electron chi connectivity index (χ0n) is 14.5. The Balaban J connectivity index is 2.42. The zero-order valence-corrected chi connectivity index (χ0v) is 14.5. The van der Waals surface area contributed by atoms with Gasteiger partial charge in [-0.1, -0.05) is 24.3 Å². The Morgan fingerprint density at radius 1 is 0.966 bits per heavy atom. The molecule has 0 saturated carbocycles. The molecule has 0 aliphatic heterocycles. The highest BCUT2D eigenvalue weighted by Gasteiger charge is 2.42. The Bertz CT molecular complexity index is 1090. The second-order valence-corrected chi connectivity index (χ2v) is 5.98. The summed E-state index contributed by atoms with van der Waals surface area (Å²) >= 11 is 0. The van der Waals surface area contributed by atoms with Gasteiger partial charge < -0.3 is 4.74 Å². The van der Waals surface area contributed by atoms with Crippen LogP contribution in [0.15, 0.2) is 42.5 Å². The maximum atomic E-state index is 13.3. The molecule has 0 aliphatic carbocycles. The number of halogens is 7. The Hall–Kier alpha value is -3.17. The van der Waals surface area contributed by atoms with Crippen LogP contribution in [0.25, 0.3) is 22.0 Å². The molecule has 3 aromatic rings. The van der Waals surface area contributed by atoms with Gasteiger partial charge >= 0.3 is 12.5 Å². The topological polar surface area (TPSA) is 39.2 Å². The minimum Gasteiger partial charge on any atom is -0.403 e. The molecule has 0 radical (unpaired) electrons. The molecule has 0 aliphatic rings. The first-order valence-electron chi connectivity index (χ1n) is 7.95.